The van der Waals surface area contributed by atoms with E-state index in [0.717, 1.165) is 6.42 Å². The van der Waals surface area contributed by atoms with Gasteiger partial charge in [-0.25, -0.2) is 0 Å². The van der Waals surface area contributed by atoms with Gasteiger partial charge in [0.15, 0.2) is 0 Å². The first-order chi connectivity index (χ1) is 9.13. The van der Waals surface area contributed by atoms with Crippen molar-refractivity contribution >= 4 is 17.8 Å². The van der Waals surface area contributed by atoms with E-state index >= 15 is 0 Å². The lowest BCUT2D eigenvalue weighted by atomic mass is 9.85. The topological polar surface area (TPSA) is 63.7 Å². The molecule has 0 spiro atoms. The van der Waals surface area contributed by atoms with E-state index in [1.54, 1.807) is 6.92 Å². The van der Waals surface area contributed by atoms with E-state index in [2.05, 4.69) is 12.2 Å². The third-order valence-electron chi connectivity index (χ3n) is 4.41. The van der Waals surface area contributed by atoms with E-state index in [1.165, 1.54) is 4.90 Å². The number of rotatable bonds is 4. The first-order valence-corrected chi connectivity index (χ1v) is 6.82. The number of esters is 1. The van der Waals surface area contributed by atoms with Crippen LogP contribution >= 0.6 is 0 Å². The van der Waals surface area contributed by atoms with Gasteiger partial charge in [0.2, 0.25) is 11.8 Å². The predicted octanol–water partition coefficient (Wildman–Crippen LogP) is 0.747. The van der Waals surface area contributed by atoms with E-state index in [4.69, 9.17) is 4.74 Å². The Labute approximate surface area is 111 Å². The first-order valence-electron chi connectivity index (χ1n) is 6.82. The van der Waals surface area contributed by atoms with Crippen molar-refractivity contribution in [1.82, 2.24) is 4.90 Å². The number of likely N-dealkylation sites (tertiary alicyclic amines) is 1. The van der Waals surface area contributed by atoms with Gasteiger partial charge in [-0.15, -0.1) is 0 Å². The summed E-state index contributed by atoms with van der Waals surface area (Å²) in [6.07, 6.45) is 5.14. The first kappa shape index (κ1) is 12.4. The standard InChI is InChI=1S/C14H17NO4/c1-2-19-10(16)5-6-15-13(17)11-8-3-4-9(7-8)12(11)14(15)18/h3-4,8-9,11-12H,2,5-7H2,1H3/t8-,9-,11+,12+/m0/s1. The molecule has 0 aromatic carbocycles. The van der Waals surface area contributed by atoms with Crippen molar-refractivity contribution in [3.05, 3.63) is 12.2 Å². The average molecular weight is 263 g/mol. The molecule has 1 saturated carbocycles. The molecule has 0 aromatic heterocycles. The Morgan fingerprint density at radius 3 is 2.37 bits per heavy atom. The Kier molecular flexibility index (Phi) is 2.92. The lowest BCUT2D eigenvalue weighted by Crippen LogP contribution is -2.35. The van der Waals surface area contributed by atoms with Gasteiger partial charge in [-0.1, -0.05) is 12.2 Å². The second-order valence-electron chi connectivity index (χ2n) is 5.38. The predicted molar refractivity (Wildman–Crippen MR) is 65.7 cm³/mol. The van der Waals surface area contributed by atoms with Crippen LogP contribution in [-0.4, -0.2) is 35.8 Å². The van der Waals surface area contributed by atoms with Crippen molar-refractivity contribution in [2.24, 2.45) is 23.7 Å². The molecule has 2 aliphatic carbocycles. The summed E-state index contributed by atoms with van der Waals surface area (Å²) in [4.78, 5) is 37.1. The third kappa shape index (κ3) is 1.79. The number of hydrogen-bond acceptors (Lipinski definition) is 4. The summed E-state index contributed by atoms with van der Waals surface area (Å²) >= 11 is 0. The van der Waals surface area contributed by atoms with Gasteiger partial charge < -0.3 is 4.74 Å². The van der Waals surface area contributed by atoms with Crippen molar-refractivity contribution in [2.75, 3.05) is 13.2 Å². The lowest BCUT2D eigenvalue weighted by molar-refractivity contribution is -0.145. The quantitative estimate of drug-likeness (QED) is 0.426. The Morgan fingerprint density at radius 2 is 1.84 bits per heavy atom. The van der Waals surface area contributed by atoms with E-state index in [0.29, 0.717) is 6.61 Å². The molecule has 0 N–H and O–H groups in total. The molecule has 19 heavy (non-hydrogen) atoms. The van der Waals surface area contributed by atoms with Crippen LogP contribution in [-0.2, 0) is 19.1 Å². The molecular formula is C14H17NO4. The number of ether oxygens (including phenoxy) is 1. The summed E-state index contributed by atoms with van der Waals surface area (Å²) in [7, 11) is 0. The minimum absolute atomic E-state index is 0.0908. The van der Waals surface area contributed by atoms with Crippen molar-refractivity contribution in [1.29, 1.82) is 0 Å². The van der Waals surface area contributed by atoms with Crippen molar-refractivity contribution < 1.29 is 19.1 Å². The Morgan fingerprint density at radius 1 is 1.26 bits per heavy atom. The minimum Gasteiger partial charge on any atom is -0.466 e. The summed E-state index contributed by atoms with van der Waals surface area (Å²) in [5.74, 6) is -0.471. The van der Waals surface area contributed by atoms with Crippen LogP contribution in [0.3, 0.4) is 0 Å². The van der Waals surface area contributed by atoms with Crippen LogP contribution in [0.1, 0.15) is 19.8 Å². The van der Waals surface area contributed by atoms with Gasteiger partial charge in [0.05, 0.1) is 24.9 Å². The van der Waals surface area contributed by atoms with Gasteiger partial charge in [-0.05, 0) is 25.2 Å². The smallest absolute Gasteiger partial charge is 0.307 e. The van der Waals surface area contributed by atoms with Gasteiger partial charge in [0, 0.05) is 6.54 Å². The van der Waals surface area contributed by atoms with Crippen LogP contribution < -0.4 is 0 Å². The van der Waals surface area contributed by atoms with Gasteiger partial charge in [0.25, 0.3) is 0 Å². The molecule has 2 amide bonds. The number of nitrogens with zero attached hydrogens (tertiary/aromatic N) is 1. The Bertz CT molecular complexity index is 440. The highest BCUT2D eigenvalue weighted by Gasteiger charge is 2.58. The highest BCUT2D eigenvalue weighted by atomic mass is 16.5. The number of fused-ring (bicyclic) bond motifs is 5. The summed E-state index contributed by atoms with van der Waals surface area (Å²) in [6, 6.07) is 0. The average Bonchev–Trinajstić information content (AvgIpc) is 3.03. The molecule has 3 aliphatic rings. The van der Waals surface area contributed by atoms with Crippen LogP contribution in [0.25, 0.3) is 0 Å². The van der Waals surface area contributed by atoms with Crippen molar-refractivity contribution in [2.45, 2.75) is 19.8 Å². The third-order valence-corrected chi connectivity index (χ3v) is 4.41. The van der Waals surface area contributed by atoms with E-state index < -0.39 is 0 Å². The normalized spacial score (nSPS) is 35.1. The number of allylic oxidation sites excluding steroid dienone is 2. The van der Waals surface area contributed by atoms with Gasteiger partial charge in [-0.3, -0.25) is 19.3 Å². The van der Waals surface area contributed by atoms with Gasteiger partial charge in [-0.2, -0.15) is 0 Å². The fraction of sp³-hybridized carbons (Fsp3) is 0.643. The molecule has 1 aliphatic heterocycles. The molecule has 4 atom stereocenters. The maximum Gasteiger partial charge on any atom is 0.307 e. The Hall–Kier alpha value is -1.65. The molecule has 2 fully saturated rings. The van der Waals surface area contributed by atoms with E-state index in [9.17, 15) is 14.4 Å². The second kappa shape index (κ2) is 4.47. The molecule has 2 bridgehead atoms. The zero-order valence-electron chi connectivity index (χ0n) is 10.9. The van der Waals surface area contributed by atoms with Crippen LogP contribution in [0, 0.1) is 23.7 Å². The van der Waals surface area contributed by atoms with Crippen molar-refractivity contribution in [3.63, 3.8) is 0 Å². The summed E-state index contributed by atoms with van der Waals surface area (Å²) < 4.78 is 4.82. The van der Waals surface area contributed by atoms with Gasteiger partial charge in [0.1, 0.15) is 0 Å². The summed E-state index contributed by atoms with van der Waals surface area (Å²) in [5, 5.41) is 0. The second-order valence-corrected chi connectivity index (χ2v) is 5.38. The molecule has 102 valence electrons. The van der Waals surface area contributed by atoms with Crippen LogP contribution in [0.4, 0.5) is 0 Å². The molecule has 0 aromatic rings. The maximum atomic E-state index is 12.3. The van der Waals surface area contributed by atoms with Crippen LogP contribution in [0.5, 0.6) is 0 Å². The summed E-state index contributed by atoms with van der Waals surface area (Å²) in [5.41, 5.74) is 0. The van der Waals surface area contributed by atoms with Crippen LogP contribution in [0.2, 0.25) is 0 Å². The number of hydrogen-bond donors (Lipinski definition) is 0. The number of imide groups is 1. The zero-order chi connectivity index (χ0) is 13.6. The highest BCUT2D eigenvalue weighted by molar-refractivity contribution is 6.06. The van der Waals surface area contributed by atoms with Crippen LogP contribution in [0.15, 0.2) is 12.2 Å². The van der Waals surface area contributed by atoms with E-state index in [1.807, 2.05) is 0 Å². The monoisotopic (exact) mass is 263 g/mol. The zero-order valence-corrected chi connectivity index (χ0v) is 10.9. The largest absolute Gasteiger partial charge is 0.466 e. The molecular weight excluding hydrogens is 246 g/mol. The van der Waals surface area contributed by atoms with Gasteiger partial charge >= 0.3 is 5.97 Å². The number of carbonyl (C=O) groups is 3. The number of carbonyl (C=O) groups excluding carboxylic acids is 3. The molecule has 5 heteroatoms. The lowest BCUT2D eigenvalue weighted by Gasteiger charge is -2.16. The highest BCUT2D eigenvalue weighted by Crippen LogP contribution is 2.52. The fourth-order valence-corrected chi connectivity index (χ4v) is 3.62. The SMILES string of the molecule is CCOC(=O)CCN1C(=O)[C@H]2[C@H](C1=O)[C@H]1C=C[C@H]2C1. The van der Waals surface area contributed by atoms with Crippen molar-refractivity contribution in [3.8, 4) is 0 Å². The molecule has 0 radical (unpaired) electrons. The maximum absolute atomic E-state index is 12.3. The summed E-state index contributed by atoms with van der Waals surface area (Å²) in [6.45, 7) is 2.21. The number of amides is 2. The molecule has 0 unspecified atom stereocenters. The molecule has 3 rings (SSSR count). The molecule has 1 saturated heterocycles. The fourth-order valence-electron chi connectivity index (χ4n) is 3.62. The van der Waals surface area contributed by atoms with E-state index in [-0.39, 0.29) is 54.4 Å². The molecule has 5 nitrogen and oxygen atoms in total. The molecule has 1 heterocycles. The Balaban J connectivity index is 1.67. The minimum atomic E-state index is -0.360.